The van der Waals surface area contributed by atoms with Crippen LogP contribution in [0.1, 0.15) is 15.9 Å². The first kappa shape index (κ1) is 21.7. The minimum atomic E-state index is -3.88. The monoisotopic (exact) mass is 469 g/mol. The Balaban J connectivity index is 1.61. The SMILES string of the molecule is Cc1ccc(NC(=O)c2cnn(C)c2-n2cccc2)cc1S(=O)(=O)Nc1ccc(Cl)cc1. The maximum absolute atomic E-state index is 13.0. The lowest BCUT2D eigenvalue weighted by atomic mass is 10.2. The van der Waals surface area contributed by atoms with Crippen LogP contribution in [-0.2, 0) is 17.1 Å². The Morgan fingerprint density at radius 1 is 1.03 bits per heavy atom. The summed E-state index contributed by atoms with van der Waals surface area (Å²) in [5, 5.41) is 7.45. The Bertz CT molecular complexity index is 1380. The molecule has 32 heavy (non-hydrogen) atoms. The molecule has 0 radical (unpaired) electrons. The van der Waals surface area contributed by atoms with Gasteiger partial charge in [-0.3, -0.25) is 14.2 Å². The number of hydrogen-bond acceptors (Lipinski definition) is 4. The molecule has 10 heteroatoms. The van der Waals surface area contributed by atoms with Gasteiger partial charge in [-0.05, 0) is 61.0 Å². The van der Waals surface area contributed by atoms with Gasteiger partial charge in [-0.2, -0.15) is 5.10 Å². The minimum Gasteiger partial charge on any atom is -0.322 e. The average molecular weight is 470 g/mol. The van der Waals surface area contributed by atoms with Crippen LogP contribution in [0.5, 0.6) is 0 Å². The van der Waals surface area contributed by atoms with E-state index >= 15 is 0 Å². The van der Waals surface area contributed by atoms with E-state index in [2.05, 4.69) is 15.1 Å². The van der Waals surface area contributed by atoms with E-state index in [9.17, 15) is 13.2 Å². The van der Waals surface area contributed by atoms with Gasteiger partial charge < -0.3 is 9.88 Å². The Morgan fingerprint density at radius 2 is 1.69 bits per heavy atom. The van der Waals surface area contributed by atoms with Crippen molar-refractivity contribution in [3.05, 3.63) is 89.3 Å². The van der Waals surface area contributed by atoms with Crippen molar-refractivity contribution >= 4 is 38.9 Å². The van der Waals surface area contributed by atoms with Gasteiger partial charge in [0, 0.05) is 35.8 Å². The fourth-order valence-electron chi connectivity index (χ4n) is 3.27. The van der Waals surface area contributed by atoms with Crippen molar-refractivity contribution in [1.29, 1.82) is 0 Å². The van der Waals surface area contributed by atoms with Crippen LogP contribution in [0.25, 0.3) is 5.82 Å². The molecule has 4 aromatic rings. The Morgan fingerprint density at radius 3 is 2.38 bits per heavy atom. The Labute approximate surface area is 190 Å². The fraction of sp³-hybridized carbons (Fsp3) is 0.0909. The van der Waals surface area contributed by atoms with Crippen LogP contribution in [-0.4, -0.2) is 28.7 Å². The molecule has 0 saturated carbocycles. The number of rotatable bonds is 6. The Kier molecular flexibility index (Phi) is 5.77. The number of aromatic nitrogens is 3. The number of carbonyl (C=O) groups excluding carboxylic acids is 1. The van der Waals surface area contributed by atoms with E-state index in [0.717, 1.165) is 0 Å². The maximum atomic E-state index is 13.0. The van der Waals surface area contributed by atoms with Gasteiger partial charge in [0.1, 0.15) is 11.4 Å². The molecule has 2 N–H and O–H groups in total. The molecule has 0 aliphatic rings. The van der Waals surface area contributed by atoms with Gasteiger partial charge in [0.05, 0.1) is 11.1 Å². The summed E-state index contributed by atoms with van der Waals surface area (Å²) in [6, 6.07) is 14.8. The van der Waals surface area contributed by atoms with Crippen molar-refractivity contribution in [3.8, 4) is 5.82 Å². The molecule has 0 aliphatic heterocycles. The van der Waals surface area contributed by atoms with Crippen molar-refractivity contribution in [3.63, 3.8) is 0 Å². The second kappa shape index (κ2) is 8.52. The van der Waals surface area contributed by atoms with Crippen LogP contribution < -0.4 is 10.0 Å². The van der Waals surface area contributed by atoms with Crippen LogP contribution in [0.15, 0.2) is 78.1 Å². The zero-order valence-corrected chi connectivity index (χ0v) is 18.9. The van der Waals surface area contributed by atoms with E-state index in [1.807, 2.05) is 24.5 Å². The third-order valence-corrected chi connectivity index (χ3v) is 6.61. The number of sulfonamides is 1. The number of benzene rings is 2. The largest absolute Gasteiger partial charge is 0.322 e. The lowest BCUT2D eigenvalue weighted by Crippen LogP contribution is -2.17. The predicted molar refractivity (Wildman–Crippen MR) is 124 cm³/mol. The van der Waals surface area contributed by atoms with E-state index in [1.54, 1.807) is 59.6 Å². The van der Waals surface area contributed by atoms with Gasteiger partial charge in [-0.15, -0.1) is 0 Å². The number of amides is 1. The van der Waals surface area contributed by atoms with Crippen molar-refractivity contribution in [2.24, 2.45) is 7.05 Å². The molecule has 0 unspecified atom stereocenters. The summed E-state index contributed by atoms with van der Waals surface area (Å²) in [6.45, 7) is 1.69. The highest BCUT2D eigenvalue weighted by atomic mass is 35.5. The third-order valence-electron chi connectivity index (χ3n) is 4.83. The predicted octanol–water partition coefficient (Wildman–Crippen LogP) is 4.23. The van der Waals surface area contributed by atoms with Crippen LogP contribution in [0.3, 0.4) is 0 Å². The number of hydrogen-bond donors (Lipinski definition) is 2. The standard InChI is InChI=1S/C22H20ClN5O3S/c1-15-5-8-18(13-20(15)32(30,31)26-17-9-6-16(23)7-10-17)25-21(29)19-14-24-27(2)22(19)28-11-3-4-12-28/h3-14,26H,1-2H3,(H,25,29). The lowest BCUT2D eigenvalue weighted by Gasteiger charge is -2.13. The van der Waals surface area contributed by atoms with Gasteiger partial charge >= 0.3 is 0 Å². The van der Waals surface area contributed by atoms with E-state index in [-0.39, 0.29) is 4.90 Å². The first-order chi connectivity index (χ1) is 15.2. The summed E-state index contributed by atoms with van der Waals surface area (Å²) < 4.78 is 31.8. The normalized spacial score (nSPS) is 11.3. The molecule has 2 aromatic carbocycles. The van der Waals surface area contributed by atoms with Crippen molar-refractivity contribution < 1.29 is 13.2 Å². The number of nitrogens with one attached hydrogen (secondary N) is 2. The van der Waals surface area contributed by atoms with Gasteiger partial charge in [-0.1, -0.05) is 17.7 Å². The molecular formula is C22H20ClN5O3S. The molecule has 1 amide bonds. The fourth-order valence-corrected chi connectivity index (χ4v) is 4.72. The number of anilines is 2. The van der Waals surface area contributed by atoms with Crippen LogP contribution in [0.4, 0.5) is 11.4 Å². The van der Waals surface area contributed by atoms with Crippen LogP contribution in [0.2, 0.25) is 5.02 Å². The smallest absolute Gasteiger partial charge is 0.262 e. The highest BCUT2D eigenvalue weighted by Crippen LogP contribution is 2.25. The van der Waals surface area contributed by atoms with Crippen molar-refractivity contribution in [1.82, 2.24) is 14.3 Å². The molecule has 0 bridgehead atoms. The Hall–Kier alpha value is -3.56. The number of halogens is 1. The molecule has 0 atom stereocenters. The molecule has 2 heterocycles. The second-order valence-electron chi connectivity index (χ2n) is 7.14. The minimum absolute atomic E-state index is 0.0575. The average Bonchev–Trinajstić information content (AvgIpc) is 3.40. The summed E-state index contributed by atoms with van der Waals surface area (Å²) in [5.41, 5.74) is 1.63. The topological polar surface area (TPSA) is 98.0 Å². The summed E-state index contributed by atoms with van der Waals surface area (Å²) in [4.78, 5) is 13.0. The van der Waals surface area contributed by atoms with E-state index in [4.69, 9.17) is 11.6 Å². The van der Waals surface area contributed by atoms with Crippen molar-refractivity contribution in [2.45, 2.75) is 11.8 Å². The summed E-state index contributed by atoms with van der Waals surface area (Å²) in [6.07, 6.45) is 5.10. The van der Waals surface area contributed by atoms with E-state index in [0.29, 0.717) is 33.3 Å². The molecular weight excluding hydrogens is 450 g/mol. The number of nitrogens with zero attached hydrogens (tertiary/aromatic N) is 3. The molecule has 164 valence electrons. The zero-order chi connectivity index (χ0) is 22.9. The van der Waals surface area contributed by atoms with Gasteiger partial charge in [0.25, 0.3) is 15.9 Å². The molecule has 0 saturated heterocycles. The summed E-state index contributed by atoms with van der Waals surface area (Å²) >= 11 is 5.87. The van der Waals surface area contributed by atoms with E-state index < -0.39 is 15.9 Å². The lowest BCUT2D eigenvalue weighted by molar-refractivity contribution is 0.102. The third kappa shape index (κ3) is 4.39. The molecule has 0 aliphatic carbocycles. The van der Waals surface area contributed by atoms with Gasteiger partial charge in [-0.25, -0.2) is 8.42 Å². The summed E-state index contributed by atoms with van der Waals surface area (Å²) in [7, 11) is -2.14. The molecule has 4 rings (SSSR count). The molecule has 2 aromatic heterocycles. The number of carbonyl (C=O) groups is 1. The molecule has 0 fully saturated rings. The van der Waals surface area contributed by atoms with Gasteiger partial charge in [0.15, 0.2) is 0 Å². The molecule has 0 spiro atoms. The quantitative estimate of drug-likeness (QED) is 0.441. The highest BCUT2D eigenvalue weighted by molar-refractivity contribution is 7.92. The maximum Gasteiger partial charge on any atom is 0.262 e. The second-order valence-corrected chi connectivity index (χ2v) is 9.23. The van der Waals surface area contributed by atoms with Crippen LogP contribution >= 0.6 is 11.6 Å². The zero-order valence-electron chi connectivity index (χ0n) is 17.3. The highest BCUT2D eigenvalue weighted by Gasteiger charge is 2.21. The first-order valence-corrected chi connectivity index (χ1v) is 11.5. The van der Waals surface area contributed by atoms with Crippen molar-refractivity contribution in [2.75, 3.05) is 10.0 Å². The molecule has 8 nitrogen and oxygen atoms in total. The van der Waals surface area contributed by atoms with Crippen LogP contribution in [0, 0.1) is 6.92 Å². The summed E-state index contributed by atoms with van der Waals surface area (Å²) in [5.74, 6) is 0.191. The number of aryl methyl sites for hydroxylation is 2. The van der Waals surface area contributed by atoms with E-state index in [1.165, 1.54) is 12.3 Å². The first-order valence-electron chi connectivity index (χ1n) is 9.60. The van der Waals surface area contributed by atoms with Gasteiger partial charge in [0.2, 0.25) is 0 Å².